The van der Waals surface area contributed by atoms with Crippen molar-refractivity contribution in [3.63, 3.8) is 0 Å². The molecule has 1 aliphatic rings. The predicted octanol–water partition coefficient (Wildman–Crippen LogP) is 2.59. The number of thiophene rings is 1. The van der Waals surface area contributed by atoms with Crippen LogP contribution in [0.5, 0.6) is 5.75 Å². The molecule has 180 valence electrons. The first-order chi connectivity index (χ1) is 16.5. The van der Waals surface area contributed by atoms with Gasteiger partial charge in [0.2, 0.25) is 10.0 Å². The van der Waals surface area contributed by atoms with Gasteiger partial charge in [0.05, 0.1) is 17.5 Å². The molecule has 10 nitrogen and oxygen atoms in total. The first-order valence-corrected chi connectivity index (χ1v) is 14.4. The highest BCUT2D eigenvalue weighted by molar-refractivity contribution is 7.92. The Hall–Kier alpha value is -3.68. The van der Waals surface area contributed by atoms with E-state index in [0.717, 1.165) is 17.2 Å². The molecule has 4 aromatic rings. The quantitative estimate of drug-likeness (QED) is 0.359. The minimum absolute atomic E-state index is 0.0436. The van der Waals surface area contributed by atoms with Gasteiger partial charge in [-0.2, -0.15) is 8.42 Å². The molecule has 1 aromatic carbocycles. The Labute approximate surface area is 204 Å². The van der Waals surface area contributed by atoms with E-state index in [9.17, 15) is 26.7 Å². The first-order valence-electron chi connectivity index (χ1n) is 10.2. The van der Waals surface area contributed by atoms with Gasteiger partial charge in [0.15, 0.2) is 5.84 Å². The Kier molecular flexibility index (Phi) is 5.42. The second-order valence-electron chi connectivity index (χ2n) is 7.84. The van der Waals surface area contributed by atoms with E-state index in [2.05, 4.69) is 14.4 Å². The van der Waals surface area contributed by atoms with E-state index >= 15 is 0 Å². The molecule has 0 atom stereocenters. The van der Waals surface area contributed by atoms with E-state index in [4.69, 9.17) is 0 Å². The van der Waals surface area contributed by atoms with Crippen LogP contribution in [0.4, 0.5) is 11.4 Å². The summed E-state index contributed by atoms with van der Waals surface area (Å²) in [5.41, 5.74) is 0.139. The maximum Gasteiger partial charge on any atom is 0.286 e. The number of hydrogen-bond donors (Lipinski definition) is 3. The Morgan fingerprint density at radius 2 is 1.97 bits per heavy atom. The number of nitrogens with one attached hydrogen (secondary N) is 2. The maximum atomic E-state index is 13.4. The van der Waals surface area contributed by atoms with Gasteiger partial charge in [-0.25, -0.2) is 8.42 Å². The monoisotopic (exact) mass is 530 g/mol. The second-order valence-corrected chi connectivity index (χ2v) is 12.2. The lowest BCUT2D eigenvalue weighted by atomic mass is 10.0. The summed E-state index contributed by atoms with van der Waals surface area (Å²) in [6.45, 7) is 0. The van der Waals surface area contributed by atoms with Gasteiger partial charge >= 0.3 is 0 Å². The Morgan fingerprint density at radius 1 is 1.17 bits per heavy atom. The number of fused-ring (bicyclic) bond motifs is 2. The Bertz CT molecular complexity index is 1790. The first kappa shape index (κ1) is 23.1. The Balaban J connectivity index is 1.69. The third-order valence-electron chi connectivity index (χ3n) is 5.32. The smallest absolute Gasteiger partial charge is 0.286 e. The topological polar surface area (TPSA) is 146 Å². The molecule has 1 aliphatic heterocycles. The van der Waals surface area contributed by atoms with Crippen LogP contribution >= 0.6 is 11.3 Å². The fourth-order valence-electron chi connectivity index (χ4n) is 3.88. The normalized spacial score (nSPS) is 14.7. The SMILES string of the molecule is CS(=O)(=O)Nc1ccc2c(c1)S(=O)(=O)N=C(c1c(O)c(Cc3cccs3)c3ccccn3c1=O)N2. The molecule has 0 fully saturated rings. The summed E-state index contributed by atoms with van der Waals surface area (Å²) in [4.78, 5) is 14.0. The molecule has 35 heavy (non-hydrogen) atoms. The highest BCUT2D eigenvalue weighted by atomic mass is 32.2. The molecule has 0 saturated heterocycles. The van der Waals surface area contributed by atoms with Gasteiger partial charge in [-0.3, -0.25) is 13.9 Å². The number of pyridine rings is 2. The highest BCUT2D eigenvalue weighted by Crippen LogP contribution is 2.34. The number of nitrogens with zero attached hydrogens (tertiary/aromatic N) is 2. The molecule has 3 N–H and O–H groups in total. The van der Waals surface area contributed by atoms with Gasteiger partial charge in [-0.05, 0) is 41.8 Å². The largest absolute Gasteiger partial charge is 0.507 e. The van der Waals surface area contributed by atoms with Crippen LogP contribution in [-0.2, 0) is 26.5 Å². The lowest BCUT2D eigenvalue weighted by Crippen LogP contribution is -2.31. The van der Waals surface area contributed by atoms with Crippen molar-refractivity contribution in [1.29, 1.82) is 0 Å². The number of hydrogen-bond acceptors (Lipinski definition) is 8. The van der Waals surface area contributed by atoms with E-state index in [1.54, 1.807) is 18.2 Å². The summed E-state index contributed by atoms with van der Waals surface area (Å²) >= 11 is 1.49. The molecule has 4 heterocycles. The molecule has 5 rings (SSSR count). The molecule has 0 radical (unpaired) electrons. The number of anilines is 2. The van der Waals surface area contributed by atoms with Crippen molar-refractivity contribution in [2.75, 3.05) is 16.3 Å². The van der Waals surface area contributed by atoms with E-state index in [1.165, 1.54) is 34.1 Å². The van der Waals surface area contributed by atoms with Crippen LogP contribution in [-0.4, -0.2) is 38.4 Å². The standard InChI is InChI=1S/C22H18N4O6S3/c1-34(29,30)24-13-7-8-16-18(11-13)35(31,32)25-21(23-16)19-20(27)15(12-14-5-4-10-33-14)17-6-2-3-9-26(17)22(19)28/h2-11,24,27H,12H2,1H3,(H,23,25). The van der Waals surface area contributed by atoms with Crippen LogP contribution in [0.2, 0.25) is 0 Å². The van der Waals surface area contributed by atoms with Gasteiger partial charge < -0.3 is 10.4 Å². The van der Waals surface area contributed by atoms with Crippen molar-refractivity contribution in [1.82, 2.24) is 4.40 Å². The minimum Gasteiger partial charge on any atom is -0.507 e. The zero-order valence-corrected chi connectivity index (χ0v) is 20.5. The number of rotatable bonds is 5. The van der Waals surface area contributed by atoms with Gasteiger partial charge in [-0.15, -0.1) is 15.7 Å². The third kappa shape index (κ3) is 4.29. The van der Waals surface area contributed by atoms with Crippen LogP contribution in [0.15, 0.2) is 74.2 Å². The van der Waals surface area contributed by atoms with Gasteiger partial charge in [0, 0.05) is 28.7 Å². The fraction of sp³-hybridized carbons (Fsp3) is 0.0909. The number of aromatic nitrogens is 1. The molecule has 13 heteroatoms. The van der Waals surface area contributed by atoms with Crippen LogP contribution in [0, 0.1) is 0 Å². The molecule has 0 bridgehead atoms. The van der Waals surface area contributed by atoms with Crippen LogP contribution in [0.3, 0.4) is 0 Å². The van der Waals surface area contributed by atoms with Gasteiger partial charge in [-0.1, -0.05) is 12.1 Å². The molecular weight excluding hydrogens is 512 g/mol. The van der Waals surface area contributed by atoms with Crippen LogP contribution in [0.25, 0.3) is 5.52 Å². The van der Waals surface area contributed by atoms with Crippen molar-refractivity contribution in [2.45, 2.75) is 11.3 Å². The molecule has 0 spiro atoms. The number of aromatic hydroxyl groups is 1. The highest BCUT2D eigenvalue weighted by Gasteiger charge is 2.30. The van der Waals surface area contributed by atoms with Gasteiger partial charge in [0.1, 0.15) is 16.2 Å². The molecule has 0 amide bonds. The third-order valence-corrected chi connectivity index (χ3v) is 8.12. The Morgan fingerprint density at radius 3 is 2.69 bits per heavy atom. The average molecular weight is 531 g/mol. The molecule has 0 unspecified atom stereocenters. The summed E-state index contributed by atoms with van der Waals surface area (Å²) in [5.74, 6) is -0.690. The van der Waals surface area contributed by atoms with E-state index < -0.39 is 25.6 Å². The summed E-state index contributed by atoms with van der Waals surface area (Å²) in [6, 6.07) is 12.7. The zero-order chi connectivity index (χ0) is 25.0. The maximum absolute atomic E-state index is 13.4. The summed E-state index contributed by atoms with van der Waals surface area (Å²) in [6.07, 6.45) is 2.80. The van der Waals surface area contributed by atoms with E-state index in [0.29, 0.717) is 17.5 Å². The lowest BCUT2D eigenvalue weighted by molar-refractivity contribution is 0.467. The zero-order valence-electron chi connectivity index (χ0n) is 18.1. The number of sulfonamides is 2. The summed E-state index contributed by atoms with van der Waals surface area (Å²) < 4.78 is 56.4. The van der Waals surface area contributed by atoms with Crippen molar-refractivity contribution < 1.29 is 21.9 Å². The van der Waals surface area contributed by atoms with Crippen molar-refractivity contribution in [3.05, 3.63) is 86.5 Å². The molecule has 3 aromatic heterocycles. The van der Waals surface area contributed by atoms with E-state index in [-0.39, 0.29) is 33.4 Å². The van der Waals surface area contributed by atoms with Gasteiger partial charge in [0.25, 0.3) is 15.6 Å². The number of benzene rings is 1. The van der Waals surface area contributed by atoms with Crippen molar-refractivity contribution in [2.24, 2.45) is 4.40 Å². The average Bonchev–Trinajstić information content (AvgIpc) is 3.29. The minimum atomic E-state index is -4.33. The van der Waals surface area contributed by atoms with Crippen LogP contribution < -0.4 is 15.6 Å². The summed E-state index contributed by atoms with van der Waals surface area (Å²) in [5, 5.41) is 15.9. The summed E-state index contributed by atoms with van der Waals surface area (Å²) in [7, 11) is -7.96. The van der Waals surface area contributed by atoms with Crippen molar-refractivity contribution >= 4 is 54.1 Å². The fourth-order valence-corrected chi connectivity index (χ4v) is 6.30. The number of amidine groups is 1. The molecular formula is C22H18N4O6S3. The predicted molar refractivity (Wildman–Crippen MR) is 135 cm³/mol. The molecule has 0 aliphatic carbocycles. The van der Waals surface area contributed by atoms with E-state index in [1.807, 2.05) is 17.5 Å². The lowest BCUT2D eigenvalue weighted by Gasteiger charge is -2.21. The van der Waals surface area contributed by atoms with Crippen LogP contribution in [0.1, 0.15) is 16.0 Å². The second kappa shape index (κ2) is 8.22. The molecule has 0 saturated carbocycles. The van der Waals surface area contributed by atoms with Crippen molar-refractivity contribution in [3.8, 4) is 5.75 Å².